The number of methoxy groups -OCH3 is 2. The van der Waals surface area contributed by atoms with Crippen molar-refractivity contribution < 1.29 is 38.4 Å². The van der Waals surface area contributed by atoms with Crippen LogP contribution in [0.15, 0.2) is 77.0 Å². The molecule has 45 heavy (non-hydrogen) atoms. The highest BCUT2D eigenvalue weighted by molar-refractivity contribution is 6.32. The molecule has 1 aliphatic rings. The van der Waals surface area contributed by atoms with E-state index in [4.69, 9.17) is 35.3 Å². The Labute approximate surface area is 265 Å². The number of hydrazone groups is 1. The number of carbonyl (C=O) groups excluding carboxylic acids is 2. The van der Waals surface area contributed by atoms with Crippen LogP contribution < -0.4 is 35.0 Å². The number of hydrogen-bond acceptors (Lipinski definition) is 10. The summed E-state index contributed by atoms with van der Waals surface area (Å²) in [4.78, 5) is 24.6. The van der Waals surface area contributed by atoms with E-state index in [9.17, 15) is 14.7 Å². The lowest BCUT2D eigenvalue weighted by Gasteiger charge is -2.28. The number of carbonyl (C=O) groups is 2. The zero-order valence-electron chi connectivity index (χ0n) is 25.3. The molecule has 13 heteroatoms. The maximum atomic E-state index is 12.4. The first-order chi connectivity index (χ1) is 21.7. The van der Waals surface area contributed by atoms with E-state index in [1.54, 1.807) is 44.2 Å². The molecule has 0 bridgehead atoms. The van der Waals surface area contributed by atoms with Gasteiger partial charge in [0, 0.05) is 5.70 Å². The van der Waals surface area contributed by atoms with Gasteiger partial charge >= 0.3 is 12.0 Å². The summed E-state index contributed by atoms with van der Waals surface area (Å²) in [7, 11) is 2.79. The van der Waals surface area contributed by atoms with Gasteiger partial charge in [-0.15, -0.1) is 0 Å². The third kappa shape index (κ3) is 8.58. The predicted octanol–water partition coefficient (Wildman–Crippen LogP) is 4.45. The van der Waals surface area contributed by atoms with Crippen LogP contribution in [0.2, 0.25) is 5.02 Å². The molecule has 0 saturated carbocycles. The molecule has 0 aromatic heterocycles. The lowest BCUT2D eigenvalue weighted by molar-refractivity contribution is -0.136. The standard InChI is InChI=1S/C32H35ClN4O8/c1-5-43-25-15-22(29-28(31(39)42-4)19(2)35-32(40)36-29)11-12-24(25)44-18-27(38)37-34-16-21-13-23(33)30(26(14-21)41-3)45-17-20-9-7-6-8-10-20/h6-16,27,29,37-38H,5,17-18H2,1-4H3,(H2,35,36,40)/b34-16-/t27-,29+/m0/s1. The Morgan fingerprint density at radius 2 is 1.84 bits per heavy atom. The number of aliphatic hydroxyl groups is 1. The number of benzene rings is 3. The van der Waals surface area contributed by atoms with E-state index < -0.39 is 24.3 Å². The monoisotopic (exact) mass is 638 g/mol. The van der Waals surface area contributed by atoms with Crippen LogP contribution in [0.5, 0.6) is 23.0 Å². The first kappa shape index (κ1) is 33.0. The fraction of sp³-hybridized carbons (Fsp3) is 0.281. The van der Waals surface area contributed by atoms with Crippen LogP contribution >= 0.6 is 11.6 Å². The van der Waals surface area contributed by atoms with Gasteiger partial charge in [0.25, 0.3) is 0 Å². The molecular formula is C32H35ClN4O8. The lowest BCUT2D eigenvalue weighted by atomic mass is 9.95. The Bertz CT molecular complexity index is 1560. The summed E-state index contributed by atoms with van der Waals surface area (Å²) in [6.45, 7) is 3.90. The maximum Gasteiger partial charge on any atom is 0.337 e. The Morgan fingerprint density at radius 3 is 2.56 bits per heavy atom. The Balaban J connectivity index is 1.39. The van der Waals surface area contributed by atoms with Crippen molar-refractivity contribution in [3.05, 3.63) is 93.6 Å². The number of hydrogen-bond donors (Lipinski definition) is 4. The number of aliphatic hydroxyl groups excluding tert-OH is 1. The van der Waals surface area contributed by atoms with Gasteiger partial charge in [0.1, 0.15) is 13.2 Å². The Morgan fingerprint density at radius 1 is 1.07 bits per heavy atom. The fourth-order valence-corrected chi connectivity index (χ4v) is 4.78. The largest absolute Gasteiger partial charge is 0.493 e. The van der Waals surface area contributed by atoms with E-state index in [-0.39, 0.29) is 12.2 Å². The highest BCUT2D eigenvalue weighted by Gasteiger charge is 2.32. The molecule has 0 radical (unpaired) electrons. The first-order valence-corrected chi connectivity index (χ1v) is 14.4. The van der Waals surface area contributed by atoms with Crippen LogP contribution in [0.4, 0.5) is 4.79 Å². The summed E-state index contributed by atoms with van der Waals surface area (Å²) < 4.78 is 27.8. The van der Waals surface area contributed by atoms with Crippen molar-refractivity contribution in [2.75, 3.05) is 27.4 Å². The molecule has 12 nitrogen and oxygen atoms in total. The third-order valence-corrected chi connectivity index (χ3v) is 6.87. The van der Waals surface area contributed by atoms with E-state index in [1.807, 2.05) is 30.3 Å². The molecule has 0 fully saturated rings. The molecule has 0 spiro atoms. The SMILES string of the molecule is CCOc1cc([C@H]2NC(=O)NC(C)=C2C(=O)OC)ccc1OC[C@H](O)N/N=C\c1cc(Cl)c(OCc2ccccc2)c(OC)c1. The zero-order chi connectivity index (χ0) is 32.3. The normalized spacial score (nSPS) is 15.2. The molecule has 238 valence electrons. The van der Waals surface area contributed by atoms with Gasteiger partial charge in [-0.05, 0) is 54.8 Å². The number of urea groups is 1. The van der Waals surface area contributed by atoms with Crippen molar-refractivity contribution in [1.29, 1.82) is 0 Å². The molecule has 1 aliphatic heterocycles. The number of allylic oxidation sites excluding steroid dienone is 1. The molecule has 2 atom stereocenters. The van der Waals surface area contributed by atoms with Crippen LogP contribution in [0, 0.1) is 0 Å². The van der Waals surface area contributed by atoms with E-state index in [2.05, 4.69) is 21.2 Å². The molecular weight excluding hydrogens is 604 g/mol. The molecule has 0 unspecified atom stereocenters. The Kier molecular flexibility index (Phi) is 11.5. The van der Waals surface area contributed by atoms with Crippen molar-refractivity contribution in [2.45, 2.75) is 32.7 Å². The molecule has 0 saturated heterocycles. The minimum Gasteiger partial charge on any atom is -0.493 e. The average molecular weight is 639 g/mol. The van der Waals surface area contributed by atoms with Gasteiger partial charge in [-0.3, -0.25) is 5.43 Å². The first-order valence-electron chi connectivity index (χ1n) is 14.0. The van der Waals surface area contributed by atoms with E-state index in [0.29, 0.717) is 58.1 Å². The summed E-state index contributed by atoms with van der Waals surface area (Å²) in [6, 6.07) is 16.8. The van der Waals surface area contributed by atoms with E-state index in [1.165, 1.54) is 20.4 Å². The number of ether oxygens (including phenoxy) is 5. The molecule has 3 aromatic rings. The van der Waals surface area contributed by atoms with Crippen LogP contribution in [-0.2, 0) is 16.1 Å². The van der Waals surface area contributed by atoms with Crippen molar-refractivity contribution in [3.63, 3.8) is 0 Å². The smallest absolute Gasteiger partial charge is 0.337 e. The zero-order valence-corrected chi connectivity index (χ0v) is 26.0. The molecule has 4 rings (SSSR count). The van der Waals surface area contributed by atoms with Crippen molar-refractivity contribution in [2.24, 2.45) is 5.10 Å². The highest BCUT2D eigenvalue weighted by atomic mass is 35.5. The number of amides is 2. The summed E-state index contributed by atoms with van der Waals surface area (Å²) in [5.74, 6) is 0.966. The molecule has 2 amide bonds. The van der Waals surface area contributed by atoms with Gasteiger partial charge in [-0.1, -0.05) is 48.0 Å². The summed E-state index contributed by atoms with van der Waals surface area (Å²) in [5, 5.41) is 20.2. The lowest BCUT2D eigenvalue weighted by Crippen LogP contribution is -2.45. The topological polar surface area (TPSA) is 149 Å². The summed E-state index contributed by atoms with van der Waals surface area (Å²) in [5.41, 5.74) is 5.43. The van der Waals surface area contributed by atoms with Gasteiger partial charge in [0.05, 0.1) is 43.7 Å². The number of nitrogens with zero attached hydrogens (tertiary/aromatic N) is 1. The van der Waals surface area contributed by atoms with Crippen LogP contribution in [0.1, 0.15) is 36.6 Å². The predicted molar refractivity (Wildman–Crippen MR) is 168 cm³/mol. The average Bonchev–Trinajstić information content (AvgIpc) is 3.03. The minimum absolute atomic E-state index is 0.177. The quantitative estimate of drug-likeness (QED) is 0.0870. The van der Waals surface area contributed by atoms with Crippen molar-refractivity contribution in [1.82, 2.24) is 16.1 Å². The van der Waals surface area contributed by atoms with E-state index in [0.717, 1.165) is 5.56 Å². The highest BCUT2D eigenvalue weighted by Crippen LogP contribution is 2.37. The van der Waals surface area contributed by atoms with Gasteiger partial charge in [0.2, 0.25) is 0 Å². The summed E-state index contributed by atoms with van der Waals surface area (Å²) >= 11 is 6.47. The van der Waals surface area contributed by atoms with Crippen LogP contribution in [0.3, 0.4) is 0 Å². The third-order valence-electron chi connectivity index (χ3n) is 6.59. The molecule has 1 heterocycles. The summed E-state index contributed by atoms with van der Waals surface area (Å²) in [6.07, 6.45) is 0.294. The number of rotatable bonds is 14. The Hall–Kier alpha value is -4.94. The van der Waals surface area contributed by atoms with Gasteiger partial charge in [-0.25, -0.2) is 9.59 Å². The van der Waals surface area contributed by atoms with Gasteiger partial charge in [0.15, 0.2) is 29.2 Å². The number of halogens is 1. The van der Waals surface area contributed by atoms with Crippen LogP contribution in [-0.4, -0.2) is 57.0 Å². The van der Waals surface area contributed by atoms with Gasteiger partial charge < -0.3 is 39.4 Å². The number of esters is 1. The molecule has 3 aromatic carbocycles. The van der Waals surface area contributed by atoms with Crippen molar-refractivity contribution in [3.8, 4) is 23.0 Å². The molecule has 4 N–H and O–H groups in total. The van der Waals surface area contributed by atoms with Gasteiger partial charge in [-0.2, -0.15) is 5.10 Å². The fourth-order valence-electron chi connectivity index (χ4n) is 4.50. The maximum absolute atomic E-state index is 12.4. The van der Waals surface area contributed by atoms with Crippen molar-refractivity contribution >= 4 is 29.8 Å². The van der Waals surface area contributed by atoms with Crippen LogP contribution in [0.25, 0.3) is 0 Å². The van der Waals surface area contributed by atoms with E-state index >= 15 is 0 Å². The molecule has 0 aliphatic carbocycles. The number of nitrogens with one attached hydrogen (secondary N) is 3. The second-order valence-corrected chi connectivity index (χ2v) is 10.1. The minimum atomic E-state index is -1.18. The second-order valence-electron chi connectivity index (χ2n) is 9.72. The second kappa shape index (κ2) is 15.7.